The van der Waals surface area contributed by atoms with Crippen molar-refractivity contribution in [1.29, 1.82) is 0 Å². The van der Waals surface area contributed by atoms with Crippen LogP contribution in [-0.2, 0) is 11.2 Å². The molecule has 4 rings (SSSR count). The molecule has 0 radical (unpaired) electrons. The van der Waals surface area contributed by atoms with E-state index in [9.17, 15) is 9.18 Å². The summed E-state index contributed by atoms with van der Waals surface area (Å²) in [5.74, 6) is 0.370. The largest absolute Gasteiger partial charge is 0.369 e. The number of aromatic nitrogens is 2. The van der Waals surface area contributed by atoms with Gasteiger partial charge >= 0.3 is 0 Å². The van der Waals surface area contributed by atoms with E-state index in [4.69, 9.17) is 4.52 Å². The minimum Gasteiger partial charge on any atom is -0.369 e. The summed E-state index contributed by atoms with van der Waals surface area (Å²) in [6.07, 6.45) is 2.66. The summed E-state index contributed by atoms with van der Waals surface area (Å²) in [4.78, 5) is 21.3. The van der Waals surface area contributed by atoms with Crippen LogP contribution in [0.15, 0.2) is 53.1 Å². The maximum absolute atomic E-state index is 13.7. The Balaban J connectivity index is 1.08. The van der Waals surface area contributed by atoms with E-state index in [2.05, 4.69) is 55.6 Å². The number of nitrogens with one attached hydrogen (secondary N) is 1. The van der Waals surface area contributed by atoms with Crippen molar-refractivity contribution >= 4 is 11.6 Å². The molecular weight excluding hydrogens is 433 g/mol. The van der Waals surface area contributed by atoms with Gasteiger partial charge in [-0.05, 0) is 50.1 Å². The van der Waals surface area contributed by atoms with E-state index in [0.717, 1.165) is 45.6 Å². The Hall–Kier alpha value is -3.26. The highest BCUT2D eigenvalue weighted by Gasteiger charge is 2.16. The monoisotopic (exact) mass is 465 g/mol. The predicted molar refractivity (Wildman–Crippen MR) is 130 cm³/mol. The molecule has 3 aromatic rings. The highest BCUT2D eigenvalue weighted by molar-refractivity contribution is 5.76. The van der Waals surface area contributed by atoms with E-state index < -0.39 is 0 Å². The third-order valence-electron chi connectivity index (χ3n) is 6.18. The van der Waals surface area contributed by atoms with E-state index in [1.165, 1.54) is 11.8 Å². The van der Waals surface area contributed by atoms with Crippen molar-refractivity contribution in [1.82, 2.24) is 20.4 Å². The molecule has 1 amide bonds. The lowest BCUT2D eigenvalue weighted by Crippen LogP contribution is -2.46. The number of benzene rings is 2. The quantitative estimate of drug-likeness (QED) is 0.459. The van der Waals surface area contributed by atoms with Crippen LogP contribution < -0.4 is 10.2 Å². The average Bonchev–Trinajstić information content (AvgIpc) is 3.34. The molecule has 1 fully saturated rings. The average molecular weight is 466 g/mol. The maximum Gasteiger partial charge on any atom is 0.227 e. The summed E-state index contributed by atoms with van der Waals surface area (Å²) >= 11 is 0. The van der Waals surface area contributed by atoms with E-state index in [1.54, 1.807) is 19.1 Å². The Labute approximate surface area is 200 Å². The Bertz CT molecular complexity index is 1060. The fourth-order valence-corrected chi connectivity index (χ4v) is 4.07. The van der Waals surface area contributed by atoms with Crippen molar-refractivity contribution in [2.24, 2.45) is 0 Å². The summed E-state index contributed by atoms with van der Waals surface area (Å²) < 4.78 is 19.0. The summed E-state index contributed by atoms with van der Waals surface area (Å²) in [7, 11) is 0. The van der Waals surface area contributed by atoms with Crippen LogP contribution in [0.3, 0.4) is 0 Å². The minimum atomic E-state index is -0.308. The normalized spacial score (nSPS) is 14.4. The molecule has 2 aromatic carbocycles. The third kappa shape index (κ3) is 6.63. The predicted octanol–water partition coefficient (Wildman–Crippen LogP) is 3.84. The van der Waals surface area contributed by atoms with Gasteiger partial charge in [0.05, 0.1) is 0 Å². The maximum atomic E-state index is 13.7. The van der Waals surface area contributed by atoms with Crippen molar-refractivity contribution in [3.63, 3.8) is 0 Å². The van der Waals surface area contributed by atoms with E-state index in [-0.39, 0.29) is 18.1 Å². The lowest BCUT2D eigenvalue weighted by molar-refractivity contribution is -0.121. The molecule has 1 saturated heterocycles. The molecule has 0 atom stereocenters. The number of hydrogen-bond donors (Lipinski definition) is 1. The zero-order chi connectivity index (χ0) is 23.8. The van der Waals surface area contributed by atoms with Crippen molar-refractivity contribution in [3.05, 3.63) is 65.8 Å². The van der Waals surface area contributed by atoms with E-state index >= 15 is 0 Å². The number of carbonyl (C=O) groups excluding carboxylic acids is 1. The molecule has 1 N–H and O–H groups in total. The van der Waals surface area contributed by atoms with Gasteiger partial charge in [-0.2, -0.15) is 4.98 Å². The van der Waals surface area contributed by atoms with Gasteiger partial charge in [-0.1, -0.05) is 35.5 Å². The second-order valence-corrected chi connectivity index (χ2v) is 8.70. The minimum absolute atomic E-state index is 0.0300. The molecule has 7 nitrogen and oxygen atoms in total. The Morgan fingerprint density at radius 3 is 2.65 bits per heavy atom. The van der Waals surface area contributed by atoms with Crippen LogP contribution in [0.5, 0.6) is 0 Å². The van der Waals surface area contributed by atoms with Crippen LogP contribution in [0.2, 0.25) is 0 Å². The second-order valence-electron chi connectivity index (χ2n) is 8.70. The highest BCUT2D eigenvalue weighted by Crippen LogP contribution is 2.19. The van der Waals surface area contributed by atoms with Crippen LogP contribution in [0.25, 0.3) is 11.4 Å². The molecule has 2 heterocycles. The van der Waals surface area contributed by atoms with Crippen molar-refractivity contribution in [3.8, 4) is 11.4 Å². The molecule has 8 heteroatoms. The molecule has 34 heavy (non-hydrogen) atoms. The van der Waals surface area contributed by atoms with Gasteiger partial charge in [0.25, 0.3) is 0 Å². The smallest absolute Gasteiger partial charge is 0.227 e. The van der Waals surface area contributed by atoms with E-state index in [0.29, 0.717) is 35.8 Å². The number of para-hydroxylation sites is 1. The molecule has 0 bridgehead atoms. The Kier molecular flexibility index (Phi) is 8.25. The first-order valence-corrected chi connectivity index (χ1v) is 12.0. The van der Waals surface area contributed by atoms with Crippen LogP contribution in [0.4, 0.5) is 10.1 Å². The number of piperazine rings is 1. The van der Waals surface area contributed by atoms with Gasteiger partial charge in [-0.15, -0.1) is 0 Å². The number of hydrogen-bond acceptors (Lipinski definition) is 6. The number of carbonyl (C=O) groups is 1. The lowest BCUT2D eigenvalue weighted by Gasteiger charge is -2.36. The van der Waals surface area contributed by atoms with Gasteiger partial charge in [0, 0.05) is 56.8 Å². The Morgan fingerprint density at radius 1 is 1.09 bits per heavy atom. The number of aryl methyl sites for hydroxylation is 2. The summed E-state index contributed by atoms with van der Waals surface area (Å²) in [6.45, 7) is 7.68. The van der Waals surface area contributed by atoms with Gasteiger partial charge in [-0.3, -0.25) is 9.69 Å². The zero-order valence-electron chi connectivity index (χ0n) is 19.7. The number of rotatable bonds is 10. The second kappa shape index (κ2) is 11.7. The number of nitrogens with zero attached hydrogens (tertiary/aromatic N) is 4. The molecule has 0 spiro atoms. The van der Waals surface area contributed by atoms with Gasteiger partial charge in [0.1, 0.15) is 5.82 Å². The lowest BCUT2D eigenvalue weighted by atomic mass is 10.1. The molecule has 1 aliphatic rings. The summed E-state index contributed by atoms with van der Waals surface area (Å²) in [5, 5.41) is 6.86. The molecule has 0 saturated carbocycles. The molecular formula is C26H32FN5O2. The first kappa shape index (κ1) is 23.9. The molecule has 1 aliphatic heterocycles. The topological polar surface area (TPSA) is 74.5 Å². The first-order valence-electron chi connectivity index (χ1n) is 12.0. The van der Waals surface area contributed by atoms with Gasteiger partial charge in [0.2, 0.25) is 17.6 Å². The van der Waals surface area contributed by atoms with Crippen molar-refractivity contribution < 1.29 is 13.7 Å². The SMILES string of the molecule is Cc1ccc(-c2noc(CCC(=O)NCCCCN3CCN(c4ccccc4)CC3)n2)cc1F. The molecule has 0 unspecified atom stereocenters. The molecule has 0 aliphatic carbocycles. The Morgan fingerprint density at radius 2 is 1.88 bits per heavy atom. The third-order valence-corrected chi connectivity index (χ3v) is 6.18. The van der Waals surface area contributed by atoms with Gasteiger partial charge < -0.3 is 14.7 Å². The summed E-state index contributed by atoms with van der Waals surface area (Å²) in [5.41, 5.74) is 2.42. The number of unbranched alkanes of at least 4 members (excludes halogenated alkanes) is 1. The van der Waals surface area contributed by atoms with Gasteiger partial charge in [-0.25, -0.2) is 4.39 Å². The fourth-order valence-electron chi connectivity index (χ4n) is 4.07. The zero-order valence-corrected chi connectivity index (χ0v) is 19.7. The highest BCUT2D eigenvalue weighted by atomic mass is 19.1. The van der Waals surface area contributed by atoms with Crippen LogP contribution >= 0.6 is 0 Å². The number of amides is 1. The fraction of sp³-hybridized carbons (Fsp3) is 0.423. The van der Waals surface area contributed by atoms with Crippen LogP contribution in [0.1, 0.15) is 30.7 Å². The van der Waals surface area contributed by atoms with E-state index in [1.807, 2.05) is 0 Å². The number of halogens is 1. The molecule has 180 valence electrons. The van der Waals surface area contributed by atoms with Crippen molar-refractivity contribution in [2.45, 2.75) is 32.6 Å². The first-order chi connectivity index (χ1) is 16.6. The van der Waals surface area contributed by atoms with Crippen LogP contribution in [0, 0.1) is 12.7 Å². The van der Waals surface area contributed by atoms with Crippen molar-refractivity contribution in [2.75, 3.05) is 44.2 Å². The van der Waals surface area contributed by atoms with Crippen LogP contribution in [-0.4, -0.2) is 60.2 Å². The molecule has 1 aromatic heterocycles. The summed E-state index contributed by atoms with van der Waals surface area (Å²) in [6, 6.07) is 15.4. The number of anilines is 1. The van der Waals surface area contributed by atoms with Gasteiger partial charge in [0.15, 0.2) is 0 Å². The standard InChI is InChI=1S/C26H32FN5O2/c1-20-9-10-21(19-23(20)27)26-29-25(34-30-26)12-11-24(33)28-13-5-6-14-31-15-17-32(18-16-31)22-7-3-2-4-8-22/h2-4,7-10,19H,5-6,11-18H2,1H3,(H,28,33).